The van der Waals surface area contributed by atoms with Crippen LogP contribution >= 0.6 is 11.6 Å². The van der Waals surface area contributed by atoms with E-state index >= 15 is 0 Å². The Labute approximate surface area is 112 Å². The van der Waals surface area contributed by atoms with Gasteiger partial charge in [-0.25, -0.2) is 4.79 Å². The van der Waals surface area contributed by atoms with E-state index in [9.17, 15) is 9.90 Å². The maximum absolute atomic E-state index is 11.2. The number of amides is 1. The van der Waals surface area contributed by atoms with Crippen LogP contribution in [0, 0.1) is 0 Å². The molecule has 100 valence electrons. The number of alkyl carbamates (subject to hydrolysis) is 1. The normalized spacial score (nSPS) is 11.1. The van der Waals surface area contributed by atoms with E-state index in [2.05, 4.69) is 5.32 Å². The molecule has 4 nitrogen and oxygen atoms in total. The third-order valence-corrected chi connectivity index (χ3v) is 2.56. The molecule has 0 radical (unpaired) electrons. The van der Waals surface area contributed by atoms with Crippen LogP contribution in [0.4, 0.5) is 4.79 Å². The van der Waals surface area contributed by atoms with Gasteiger partial charge in [-0.3, -0.25) is 0 Å². The number of alkyl halides is 1. The molecular weight excluding hydrogens is 254 g/mol. The molecule has 0 saturated carbocycles. The van der Waals surface area contributed by atoms with Crippen molar-refractivity contribution in [1.82, 2.24) is 5.32 Å². The molecule has 0 heterocycles. The van der Waals surface area contributed by atoms with Gasteiger partial charge < -0.3 is 15.2 Å². The van der Waals surface area contributed by atoms with Gasteiger partial charge in [-0.2, -0.15) is 0 Å². The largest absolute Gasteiger partial charge is 0.448 e. The number of rotatable bonds is 5. The molecule has 1 aromatic rings. The Morgan fingerprint density at radius 1 is 1.39 bits per heavy atom. The lowest BCUT2D eigenvalue weighted by atomic mass is 9.97. The smallest absolute Gasteiger partial charge is 0.407 e. The Balaban J connectivity index is 2.47. The minimum atomic E-state index is -0.856. The Morgan fingerprint density at radius 2 is 2.00 bits per heavy atom. The van der Waals surface area contributed by atoms with E-state index in [1.807, 2.05) is 24.3 Å². The van der Waals surface area contributed by atoms with Gasteiger partial charge in [-0.1, -0.05) is 24.3 Å². The number of nitrogens with one attached hydrogen (secondary N) is 1. The summed E-state index contributed by atoms with van der Waals surface area (Å²) in [6.45, 7) is 4.03. The maximum atomic E-state index is 11.2. The summed E-state index contributed by atoms with van der Waals surface area (Å²) in [5.74, 6) is 0.285. The second kappa shape index (κ2) is 6.61. The number of carbonyl (C=O) groups excluding carboxylic acids is 1. The summed E-state index contributed by atoms with van der Waals surface area (Å²) in [4.78, 5) is 11.2. The molecule has 0 fully saturated rings. The van der Waals surface area contributed by atoms with Crippen LogP contribution in [0.25, 0.3) is 0 Å². The van der Waals surface area contributed by atoms with Gasteiger partial charge in [0, 0.05) is 6.54 Å². The lowest BCUT2D eigenvalue weighted by Gasteiger charge is -2.17. The number of aliphatic hydroxyl groups is 1. The molecule has 0 aliphatic rings. The van der Waals surface area contributed by atoms with Crippen LogP contribution in [0.5, 0.6) is 0 Å². The number of carbonyl (C=O) groups is 1. The van der Waals surface area contributed by atoms with E-state index in [1.165, 1.54) is 0 Å². The van der Waals surface area contributed by atoms with E-state index < -0.39 is 11.7 Å². The highest BCUT2D eigenvalue weighted by Crippen LogP contribution is 2.19. The highest BCUT2D eigenvalue weighted by atomic mass is 35.5. The summed E-state index contributed by atoms with van der Waals surface area (Å²) in [5.41, 5.74) is 0.910. The van der Waals surface area contributed by atoms with E-state index in [0.717, 1.165) is 11.1 Å². The van der Waals surface area contributed by atoms with Crippen molar-refractivity contribution in [2.45, 2.75) is 26.0 Å². The number of benzene rings is 1. The monoisotopic (exact) mass is 271 g/mol. The number of halogens is 1. The zero-order valence-corrected chi connectivity index (χ0v) is 11.3. The van der Waals surface area contributed by atoms with Crippen molar-refractivity contribution in [2.75, 3.05) is 12.5 Å². The van der Waals surface area contributed by atoms with Gasteiger partial charge in [0.1, 0.15) is 6.61 Å². The van der Waals surface area contributed by atoms with Gasteiger partial charge in [0.05, 0.1) is 11.5 Å². The summed E-state index contributed by atoms with van der Waals surface area (Å²) in [7, 11) is 0. The van der Waals surface area contributed by atoms with Crippen molar-refractivity contribution in [2.24, 2.45) is 0 Å². The molecule has 1 amide bonds. The Kier molecular flexibility index (Phi) is 5.44. The molecule has 0 saturated heterocycles. The quantitative estimate of drug-likeness (QED) is 0.809. The van der Waals surface area contributed by atoms with Crippen LogP contribution in [0.2, 0.25) is 0 Å². The molecule has 0 aliphatic carbocycles. The topological polar surface area (TPSA) is 58.6 Å². The third-order valence-electron chi connectivity index (χ3n) is 2.41. The summed E-state index contributed by atoms with van der Waals surface area (Å²) in [5, 5.41) is 12.4. The summed E-state index contributed by atoms with van der Waals surface area (Å²) in [6, 6.07) is 7.38. The van der Waals surface area contributed by atoms with Gasteiger partial charge >= 0.3 is 6.09 Å². The van der Waals surface area contributed by atoms with E-state index in [-0.39, 0.29) is 12.5 Å². The first-order valence-electron chi connectivity index (χ1n) is 5.72. The van der Waals surface area contributed by atoms with Crippen LogP contribution in [0.1, 0.15) is 25.0 Å². The fraction of sp³-hybridized carbons (Fsp3) is 0.462. The summed E-state index contributed by atoms with van der Waals surface area (Å²) >= 11 is 5.39. The number of ether oxygens (including phenoxy) is 1. The van der Waals surface area contributed by atoms with Gasteiger partial charge in [-0.15, -0.1) is 11.6 Å². The SMILES string of the molecule is CC(C)(O)c1ccc(CNC(=O)OCCCl)cc1. The average molecular weight is 272 g/mol. The predicted octanol–water partition coefficient (Wildman–Crippen LogP) is 2.38. The molecule has 1 rings (SSSR count). The maximum Gasteiger partial charge on any atom is 0.407 e. The predicted molar refractivity (Wildman–Crippen MR) is 70.6 cm³/mol. The summed E-state index contributed by atoms with van der Waals surface area (Å²) < 4.78 is 4.77. The fourth-order valence-corrected chi connectivity index (χ4v) is 1.46. The average Bonchev–Trinajstić information content (AvgIpc) is 2.33. The van der Waals surface area contributed by atoms with Gasteiger partial charge in [0.2, 0.25) is 0 Å². The minimum Gasteiger partial charge on any atom is -0.448 e. The Hall–Kier alpha value is -1.26. The van der Waals surface area contributed by atoms with Crippen molar-refractivity contribution >= 4 is 17.7 Å². The van der Waals surface area contributed by atoms with Crippen molar-refractivity contribution in [1.29, 1.82) is 0 Å². The van der Waals surface area contributed by atoms with Gasteiger partial charge in [0.25, 0.3) is 0 Å². The molecule has 2 N–H and O–H groups in total. The Morgan fingerprint density at radius 3 is 2.50 bits per heavy atom. The zero-order valence-electron chi connectivity index (χ0n) is 10.6. The molecule has 0 aromatic heterocycles. The van der Waals surface area contributed by atoms with Crippen LogP contribution in [0.3, 0.4) is 0 Å². The minimum absolute atomic E-state index is 0.199. The molecular formula is C13H18ClNO3. The lowest BCUT2D eigenvalue weighted by Crippen LogP contribution is -2.24. The van der Waals surface area contributed by atoms with E-state index in [4.69, 9.17) is 16.3 Å². The van der Waals surface area contributed by atoms with E-state index in [1.54, 1.807) is 13.8 Å². The van der Waals surface area contributed by atoms with Crippen LogP contribution in [-0.4, -0.2) is 23.7 Å². The molecule has 1 aromatic carbocycles. The first-order valence-corrected chi connectivity index (χ1v) is 6.25. The first-order chi connectivity index (χ1) is 8.43. The lowest BCUT2D eigenvalue weighted by molar-refractivity contribution is 0.0786. The fourth-order valence-electron chi connectivity index (χ4n) is 1.39. The second-order valence-electron chi connectivity index (χ2n) is 4.43. The summed E-state index contributed by atoms with van der Waals surface area (Å²) in [6.07, 6.45) is -0.484. The third kappa shape index (κ3) is 4.94. The highest BCUT2D eigenvalue weighted by Gasteiger charge is 2.15. The van der Waals surface area contributed by atoms with Crippen molar-refractivity contribution in [3.63, 3.8) is 0 Å². The molecule has 0 bridgehead atoms. The molecule has 18 heavy (non-hydrogen) atoms. The van der Waals surface area contributed by atoms with Crippen LogP contribution in [-0.2, 0) is 16.9 Å². The van der Waals surface area contributed by atoms with Crippen molar-refractivity contribution in [3.05, 3.63) is 35.4 Å². The second-order valence-corrected chi connectivity index (χ2v) is 4.81. The molecule has 0 atom stereocenters. The number of hydrogen-bond acceptors (Lipinski definition) is 3. The number of hydrogen-bond donors (Lipinski definition) is 2. The molecule has 0 spiro atoms. The Bertz CT molecular complexity index is 384. The molecule has 0 aliphatic heterocycles. The van der Waals surface area contributed by atoms with Crippen LogP contribution in [0.15, 0.2) is 24.3 Å². The van der Waals surface area contributed by atoms with E-state index in [0.29, 0.717) is 6.54 Å². The van der Waals surface area contributed by atoms with Gasteiger partial charge in [0.15, 0.2) is 0 Å². The van der Waals surface area contributed by atoms with Crippen molar-refractivity contribution in [3.8, 4) is 0 Å². The van der Waals surface area contributed by atoms with Gasteiger partial charge in [-0.05, 0) is 25.0 Å². The first kappa shape index (κ1) is 14.8. The molecule has 0 unspecified atom stereocenters. The van der Waals surface area contributed by atoms with Crippen molar-refractivity contribution < 1.29 is 14.6 Å². The molecule has 5 heteroatoms. The highest BCUT2D eigenvalue weighted by molar-refractivity contribution is 6.18. The van der Waals surface area contributed by atoms with Crippen LogP contribution < -0.4 is 5.32 Å². The standard InChI is InChI=1S/C13H18ClNO3/c1-13(2,17)11-5-3-10(4-6-11)9-15-12(16)18-8-7-14/h3-6,17H,7-9H2,1-2H3,(H,15,16). The zero-order chi connectivity index (χ0) is 13.6.